The van der Waals surface area contributed by atoms with Crippen LogP contribution in [-0.4, -0.2) is 58.6 Å². The second kappa shape index (κ2) is 12.3. The largest absolute Gasteiger partial charge is 0.492 e. The number of aryl methyl sites for hydroxylation is 2. The monoisotopic (exact) mass is 530 g/mol. The molecule has 0 N–H and O–H groups in total. The van der Waals surface area contributed by atoms with E-state index in [-0.39, 0.29) is 17.2 Å². The first-order valence-corrected chi connectivity index (χ1v) is 14.5. The SMILES string of the molecule is Cc1onc(C(C)C)c1C(=O)N1CCC2(CCCCc3ccccc3OCCN(Cc3cccnc3)C2)CC1. The van der Waals surface area contributed by atoms with Gasteiger partial charge in [-0.05, 0) is 73.6 Å². The minimum atomic E-state index is 0.0673. The molecule has 0 bridgehead atoms. The van der Waals surface area contributed by atoms with Crippen LogP contribution in [0.2, 0.25) is 0 Å². The Balaban J connectivity index is 1.34. The molecule has 5 rings (SSSR count). The van der Waals surface area contributed by atoms with Gasteiger partial charge in [-0.1, -0.05) is 49.7 Å². The van der Waals surface area contributed by atoms with Crippen molar-refractivity contribution in [3.63, 3.8) is 0 Å². The number of likely N-dealkylation sites (tertiary alicyclic amines) is 1. The van der Waals surface area contributed by atoms with E-state index in [1.54, 1.807) is 0 Å². The van der Waals surface area contributed by atoms with Crippen molar-refractivity contribution in [2.45, 2.75) is 71.8 Å². The van der Waals surface area contributed by atoms with Gasteiger partial charge >= 0.3 is 0 Å². The zero-order valence-corrected chi connectivity index (χ0v) is 23.7. The maximum atomic E-state index is 13.6. The molecular formula is C32H42N4O3. The number of carbonyl (C=O) groups is 1. The summed E-state index contributed by atoms with van der Waals surface area (Å²) in [5.74, 6) is 1.86. The summed E-state index contributed by atoms with van der Waals surface area (Å²) in [6.07, 6.45) is 10.3. The third-order valence-electron chi connectivity index (χ3n) is 8.49. The Bertz CT molecular complexity index is 1230. The van der Waals surface area contributed by atoms with Crippen LogP contribution >= 0.6 is 0 Å². The summed E-state index contributed by atoms with van der Waals surface area (Å²) in [5.41, 5.74) is 4.12. The van der Waals surface area contributed by atoms with Crippen LogP contribution in [-0.2, 0) is 13.0 Å². The van der Waals surface area contributed by atoms with Crippen molar-refractivity contribution < 1.29 is 14.1 Å². The van der Waals surface area contributed by atoms with Crippen LogP contribution in [0, 0.1) is 12.3 Å². The standard InChI is InChI=1S/C32H42N4O3/c1-24(2)30-29(25(3)39-34-30)31(37)36-17-14-32(15-18-36)13-7-6-11-27-10-4-5-12-28(27)38-20-19-35(23-32)22-26-9-8-16-33-21-26/h4-5,8-10,12,16,21,24H,6-7,11,13-15,17-20,22-23H2,1-3H3. The molecule has 1 aromatic carbocycles. The number of rotatable bonds is 4. The molecule has 2 aromatic heterocycles. The minimum Gasteiger partial charge on any atom is -0.492 e. The van der Waals surface area contributed by atoms with Gasteiger partial charge in [0.1, 0.15) is 23.7 Å². The summed E-state index contributed by atoms with van der Waals surface area (Å²) in [6.45, 7) is 10.8. The minimum absolute atomic E-state index is 0.0673. The van der Waals surface area contributed by atoms with Crippen molar-refractivity contribution in [2.24, 2.45) is 5.41 Å². The summed E-state index contributed by atoms with van der Waals surface area (Å²) in [7, 11) is 0. The van der Waals surface area contributed by atoms with E-state index in [1.807, 2.05) is 30.3 Å². The number of para-hydroxylation sites is 1. The van der Waals surface area contributed by atoms with E-state index in [0.717, 1.165) is 69.9 Å². The van der Waals surface area contributed by atoms with E-state index in [9.17, 15) is 4.79 Å². The number of hydrogen-bond acceptors (Lipinski definition) is 6. The number of piperidine rings is 1. The highest BCUT2D eigenvalue weighted by atomic mass is 16.5. The summed E-state index contributed by atoms with van der Waals surface area (Å²) in [5, 5.41) is 4.19. The molecule has 0 atom stereocenters. The number of hydrogen-bond donors (Lipinski definition) is 0. The molecule has 7 nitrogen and oxygen atoms in total. The first-order valence-electron chi connectivity index (χ1n) is 14.5. The fraction of sp³-hybridized carbons (Fsp3) is 0.531. The van der Waals surface area contributed by atoms with E-state index in [2.05, 4.69) is 59.2 Å². The van der Waals surface area contributed by atoms with Gasteiger partial charge in [-0.25, -0.2) is 0 Å². The summed E-state index contributed by atoms with van der Waals surface area (Å²) < 4.78 is 11.7. The average Bonchev–Trinajstić information content (AvgIpc) is 3.33. The normalized spacial score (nSPS) is 18.7. The Hall–Kier alpha value is -3.19. The Morgan fingerprint density at radius 3 is 2.64 bits per heavy atom. The Morgan fingerprint density at radius 2 is 1.87 bits per heavy atom. The number of aromatic nitrogens is 2. The number of ether oxygens (including phenoxy) is 1. The van der Waals surface area contributed by atoms with Crippen molar-refractivity contribution >= 4 is 5.91 Å². The molecule has 39 heavy (non-hydrogen) atoms. The lowest BCUT2D eigenvalue weighted by Crippen LogP contribution is -2.48. The van der Waals surface area contributed by atoms with E-state index in [0.29, 0.717) is 17.9 Å². The lowest BCUT2D eigenvalue weighted by atomic mass is 9.73. The second-order valence-corrected chi connectivity index (χ2v) is 11.7. The molecule has 0 unspecified atom stereocenters. The number of carbonyl (C=O) groups excluding carboxylic acids is 1. The summed E-state index contributed by atoms with van der Waals surface area (Å²) >= 11 is 0. The second-order valence-electron chi connectivity index (χ2n) is 11.7. The fourth-order valence-corrected chi connectivity index (χ4v) is 6.26. The Kier molecular flexibility index (Phi) is 8.66. The van der Waals surface area contributed by atoms with Gasteiger partial charge in [-0.3, -0.25) is 14.7 Å². The average molecular weight is 531 g/mol. The predicted molar refractivity (Wildman–Crippen MR) is 152 cm³/mol. The van der Waals surface area contributed by atoms with Crippen LogP contribution < -0.4 is 4.74 Å². The molecule has 1 amide bonds. The van der Waals surface area contributed by atoms with E-state index in [4.69, 9.17) is 9.26 Å². The molecule has 1 spiro atoms. The number of nitrogens with zero attached hydrogens (tertiary/aromatic N) is 4. The van der Waals surface area contributed by atoms with E-state index >= 15 is 0 Å². The van der Waals surface area contributed by atoms with Gasteiger partial charge in [0.15, 0.2) is 0 Å². The molecule has 2 aliphatic rings. The van der Waals surface area contributed by atoms with Crippen molar-refractivity contribution in [3.05, 3.63) is 76.9 Å². The van der Waals surface area contributed by atoms with Gasteiger partial charge in [-0.15, -0.1) is 0 Å². The highest BCUT2D eigenvalue weighted by Crippen LogP contribution is 2.39. The maximum Gasteiger partial charge on any atom is 0.259 e. The third kappa shape index (κ3) is 6.52. The topological polar surface area (TPSA) is 71.7 Å². The van der Waals surface area contributed by atoms with Crippen LogP contribution in [0.3, 0.4) is 0 Å². The first kappa shape index (κ1) is 27.4. The van der Waals surface area contributed by atoms with Gasteiger partial charge in [0.05, 0.1) is 5.69 Å². The molecular weight excluding hydrogens is 488 g/mol. The molecule has 4 heterocycles. The Morgan fingerprint density at radius 1 is 1.05 bits per heavy atom. The maximum absolute atomic E-state index is 13.6. The third-order valence-corrected chi connectivity index (χ3v) is 8.49. The molecule has 7 heteroatoms. The number of benzene rings is 1. The predicted octanol–water partition coefficient (Wildman–Crippen LogP) is 6.03. The quantitative estimate of drug-likeness (QED) is 0.410. The molecule has 0 radical (unpaired) electrons. The van der Waals surface area contributed by atoms with E-state index in [1.165, 1.54) is 24.0 Å². The van der Waals surface area contributed by atoms with Crippen molar-refractivity contribution in [1.29, 1.82) is 0 Å². The number of pyridine rings is 1. The van der Waals surface area contributed by atoms with Crippen LogP contribution in [0.4, 0.5) is 0 Å². The Labute approximate surface area is 232 Å². The summed E-state index contributed by atoms with van der Waals surface area (Å²) in [4.78, 5) is 22.5. The summed E-state index contributed by atoms with van der Waals surface area (Å²) in [6, 6.07) is 12.6. The molecule has 1 fully saturated rings. The molecule has 1 saturated heterocycles. The highest BCUT2D eigenvalue weighted by molar-refractivity contribution is 5.96. The van der Waals surface area contributed by atoms with Gasteiger partial charge in [0.25, 0.3) is 5.91 Å². The van der Waals surface area contributed by atoms with Gasteiger partial charge in [-0.2, -0.15) is 0 Å². The van der Waals surface area contributed by atoms with Crippen molar-refractivity contribution in [3.8, 4) is 5.75 Å². The molecule has 0 aliphatic carbocycles. The van der Waals surface area contributed by atoms with Crippen LogP contribution in [0.1, 0.15) is 84.8 Å². The van der Waals surface area contributed by atoms with Crippen molar-refractivity contribution in [1.82, 2.24) is 19.9 Å². The molecule has 208 valence electrons. The van der Waals surface area contributed by atoms with Gasteiger partial charge in [0.2, 0.25) is 0 Å². The lowest BCUT2D eigenvalue weighted by molar-refractivity contribution is 0.0359. The lowest BCUT2D eigenvalue weighted by Gasteiger charge is -2.45. The van der Waals surface area contributed by atoms with Crippen LogP contribution in [0.5, 0.6) is 5.75 Å². The molecule has 0 saturated carbocycles. The molecule has 2 aliphatic heterocycles. The van der Waals surface area contributed by atoms with Crippen LogP contribution in [0.25, 0.3) is 0 Å². The molecule has 3 aromatic rings. The van der Waals surface area contributed by atoms with Crippen LogP contribution in [0.15, 0.2) is 53.3 Å². The number of fused-ring (bicyclic) bond motifs is 1. The fourth-order valence-electron chi connectivity index (χ4n) is 6.26. The van der Waals surface area contributed by atoms with Gasteiger partial charge in [0, 0.05) is 45.1 Å². The first-order chi connectivity index (χ1) is 18.9. The highest BCUT2D eigenvalue weighted by Gasteiger charge is 2.38. The zero-order chi connectivity index (χ0) is 27.2. The van der Waals surface area contributed by atoms with Crippen molar-refractivity contribution in [2.75, 3.05) is 32.8 Å². The van der Waals surface area contributed by atoms with Gasteiger partial charge < -0.3 is 14.2 Å². The zero-order valence-electron chi connectivity index (χ0n) is 23.7. The van der Waals surface area contributed by atoms with E-state index < -0.39 is 0 Å². The number of amides is 1. The smallest absolute Gasteiger partial charge is 0.259 e.